The molecule has 1 aromatic rings. The predicted molar refractivity (Wildman–Crippen MR) is 72.2 cm³/mol. The SMILES string of the molecule is CC(C(SCCN)c1ccc(Cl)cc1)[N+](=O)[O-]. The van der Waals surface area contributed by atoms with E-state index in [0.717, 1.165) is 5.56 Å². The summed E-state index contributed by atoms with van der Waals surface area (Å²) in [7, 11) is 0. The van der Waals surface area contributed by atoms with Crippen molar-refractivity contribution in [1.29, 1.82) is 0 Å². The van der Waals surface area contributed by atoms with Crippen molar-refractivity contribution in [3.63, 3.8) is 0 Å². The molecule has 2 atom stereocenters. The monoisotopic (exact) mass is 274 g/mol. The Morgan fingerprint density at radius 3 is 2.53 bits per heavy atom. The van der Waals surface area contributed by atoms with Crippen LogP contribution in [0.5, 0.6) is 0 Å². The van der Waals surface area contributed by atoms with Crippen LogP contribution >= 0.6 is 23.4 Å². The zero-order chi connectivity index (χ0) is 12.8. The summed E-state index contributed by atoms with van der Waals surface area (Å²) in [6.45, 7) is 2.13. The zero-order valence-electron chi connectivity index (χ0n) is 9.51. The molecule has 4 nitrogen and oxygen atoms in total. The second-order valence-electron chi connectivity index (χ2n) is 3.66. The summed E-state index contributed by atoms with van der Waals surface area (Å²) in [5.74, 6) is 0.700. The van der Waals surface area contributed by atoms with Gasteiger partial charge in [0.1, 0.15) is 0 Å². The Labute approximate surface area is 110 Å². The van der Waals surface area contributed by atoms with Crippen LogP contribution in [0, 0.1) is 10.1 Å². The molecular weight excluding hydrogens is 260 g/mol. The van der Waals surface area contributed by atoms with Crippen molar-refractivity contribution in [2.45, 2.75) is 18.2 Å². The first-order valence-electron chi connectivity index (χ1n) is 5.27. The molecule has 0 saturated carbocycles. The van der Waals surface area contributed by atoms with Gasteiger partial charge in [-0.2, -0.15) is 0 Å². The van der Waals surface area contributed by atoms with E-state index in [2.05, 4.69) is 0 Å². The molecule has 2 unspecified atom stereocenters. The van der Waals surface area contributed by atoms with E-state index in [1.165, 1.54) is 11.8 Å². The molecule has 0 aliphatic heterocycles. The molecule has 1 rings (SSSR count). The number of nitrogens with two attached hydrogens (primary N) is 1. The normalized spacial score (nSPS) is 14.3. The maximum Gasteiger partial charge on any atom is 0.226 e. The third-order valence-electron chi connectivity index (χ3n) is 2.38. The van der Waals surface area contributed by atoms with Gasteiger partial charge in [-0.15, -0.1) is 11.8 Å². The van der Waals surface area contributed by atoms with Gasteiger partial charge in [-0.05, 0) is 17.7 Å². The van der Waals surface area contributed by atoms with Crippen LogP contribution in [0.2, 0.25) is 5.02 Å². The Balaban J connectivity index is 2.88. The van der Waals surface area contributed by atoms with Crippen LogP contribution in [0.15, 0.2) is 24.3 Å². The summed E-state index contributed by atoms with van der Waals surface area (Å²) in [5.41, 5.74) is 6.36. The fourth-order valence-corrected chi connectivity index (χ4v) is 2.72. The zero-order valence-corrected chi connectivity index (χ0v) is 11.1. The Morgan fingerprint density at radius 1 is 1.47 bits per heavy atom. The third kappa shape index (κ3) is 4.18. The van der Waals surface area contributed by atoms with Crippen LogP contribution in [0.4, 0.5) is 0 Å². The quantitative estimate of drug-likeness (QED) is 0.640. The highest BCUT2D eigenvalue weighted by Crippen LogP contribution is 2.33. The van der Waals surface area contributed by atoms with Crippen LogP contribution in [0.3, 0.4) is 0 Å². The number of benzene rings is 1. The summed E-state index contributed by atoms with van der Waals surface area (Å²) in [6, 6.07) is 6.51. The number of thioether (sulfide) groups is 1. The summed E-state index contributed by atoms with van der Waals surface area (Å²) in [6.07, 6.45) is 0. The summed E-state index contributed by atoms with van der Waals surface area (Å²) >= 11 is 7.31. The van der Waals surface area contributed by atoms with E-state index < -0.39 is 6.04 Å². The molecule has 0 heterocycles. The van der Waals surface area contributed by atoms with E-state index >= 15 is 0 Å². The van der Waals surface area contributed by atoms with Gasteiger partial charge in [-0.25, -0.2) is 0 Å². The summed E-state index contributed by atoms with van der Waals surface area (Å²) < 4.78 is 0. The largest absolute Gasteiger partial charge is 0.330 e. The first kappa shape index (κ1) is 14.3. The van der Waals surface area contributed by atoms with Gasteiger partial charge in [-0.1, -0.05) is 23.7 Å². The fraction of sp³-hybridized carbons (Fsp3) is 0.455. The molecule has 6 heteroatoms. The molecule has 2 N–H and O–H groups in total. The highest BCUT2D eigenvalue weighted by atomic mass is 35.5. The molecular formula is C11H15ClN2O2S. The second kappa shape index (κ2) is 6.83. The second-order valence-corrected chi connectivity index (χ2v) is 5.34. The number of rotatable bonds is 6. The van der Waals surface area contributed by atoms with Gasteiger partial charge >= 0.3 is 0 Å². The lowest BCUT2D eigenvalue weighted by Gasteiger charge is -2.18. The maximum absolute atomic E-state index is 10.9. The van der Waals surface area contributed by atoms with Crippen LogP contribution in [0.1, 0.15) is 17.7 Å². The van der Waals surface area contributed by atoms with Gasteiger partial charge in [0.25, 0.3) is 0 Å². The summed E-state index contributed by atoms with van der Waals surface area (Å²) in [5, 5.41) is 11.3. The lowest BCUT2D eigenvalue weighted by molar-refractivity contribution is -0.518. The van der Waals surface area contributed by atoms with Crippen molar-refractivity contribution in [2.24, 2.45) is 5.73 Å². The fourth-order valence-electron chi connectivity index (χ4n) is 1.47. The van der Waals surface area contributed by atoms with E-state index in [1.807, 2.05) is 12.1 Å². The van der Waals surface area contributed by atoms with Crippen LogP contribution in [-0.2, 0) is 0 Å². The number of hydrogen-bond acceptors (Lipinski definition) is 4. The molecule has 0 spiro atoms. The van der Waals surface area contributed by atoms with Crippen LogP contribution in [0.25, 0.3) is 0 Å². The molecule has 1 aromatic carbocycles. The molecule has 0 aromatic heterocycles. The lowest BCUT2D eigenvalue weighted by atomic mass is 10.1. The maximum atomic E-state index is 10.9. The van der Waals surface area contributed by atoms with Crippen molar-refractivity contribution in [3.8, 4) is 0 Å². The standard InChI is InChI=1S/C11H15ClN2O2S/c1-8(14(15)16)11(17-7-6-13)9-2-4-10(12)5-3-9/h2-5,8,11H,6-7,13H2,1H3. The average molecular weight is 275 g/mol. The number of nitro groups is 1. The van der Waals surface area contributed by atoms with E-state index in [1.54, 1.807) is 19.1 Å². The molecule has 0 bridgehead atoms. The lowest BCUT2D eigenvalue weighted by Crippen LogP contribution is -2.23. The Kier molecular flexibility index (Phi) is 5.74. The third-order valence-corrected chi connectivity index (χ3v) is 4.13. The minimum absolute atomic E-state index is 0.189. The Bertz CT molecular complexity index is 372. The van der Waals surface area contributed by atoms with Crippen LogP contribution in [-0.4, -0.2) is 23.3 Å². The molecule has 0 fully saturated rings. The van der Waals surface area contributed by atoms with Gasteiger partial charge in [0.05, 0.1) is 5.25 Å². The van der Waals surface area contributed by atoms with Gasteiger partial charge in [-0.3, -0.25) is 10.1 Å². The minimum atomic E-state index is -0.646. The van der Waals surface area contributed by atoms with E-state index in [-0.39, 0.29) is 10.2 Å². The molecule has 0 radical (unpaired) electrons. The number of nitrogens with zero attached hydrogens (tertiary/aromatic N) is 1. The average Bonchev–Trinajstić information content (AvgIpc) is 2.31. The van der Waals surface area contributed by atoms with Gasteiger partial charge in [0, 0.05) is 29.2 Å². The molecule has 0 aliphatic rings. The highest BCUT2D eigenvalue weighted by Gasteiger charge is 2.28. The molecule has 0 aliphatic carbocycles. The number of hydrogen-bond donors (Lipinski definition) is 1. The van der Waals surface area contributed by atoms with Crippen molar-refractivity contribution >= 4 is 23.4 Å². The first-order valence-corrected chi connectivity index (χ1v) is 6.69. The van der Waals surface area contributed by atoms with E-state index in [0.29, 0.717) is 17.3 Å². The van der Waals surface area contributed by atoms with Crippen molar-refractivity contribution in [1.82, 2.24) is 0 Å². The first-order chi connectivity index (χ1) is 8.06. The molecule has 17 heavy (non-hydrogen) atoms. The smallest absolute Gasteiger partial charge is 0.226 e. The highest BCUT2D eigenvalue weighted by molar-refractivity contribution is 7.99. The van der Waals surface area contributed by atoms with Gasteiger partial charge in [0.15, 0.2) is 0 Å². The predicted octanol–water partition coefficient (Wildman–Crippen LogP) is 2.74. The molecule has 0 saturated heterocycles. The van der Waals surface area contributed by atoms with Crippen molar-refractivity contribution < 1.29 is 4.92 Å². The van der Waals surface area contributed by atoms with Crippen molar-refractivity contribution in [2.75, 3.05) is 12.3 Å². The van der Waals surface area contributed by atoms with Crippen LogP contribution < -0.4 is 5.73 Å². The van der Waals surface area contributed by atoms with E-state index in [4.69, 9.17) is 17.3 Å². The van der Waals surface area contributed by atoms with E-state index in [9.17, 15) is 10.1 Å². The van der Waals surface area contributed by atoms with Gasteiger partial charge in [0.2, 0.25) is 6.04 Å². The number of halogens is 1. The molecule has 94 valence electrons. The van der Waals surface area contributed by atoms with Crippen molar-refractivity contribution in [3.05, 3.63) is 45.0 Å². The topological polar surface area (TPSA) is 69.2 Å². The Morgan fingerprint density at radius 2 is 2.06 bits per heavy atom. The molecule has 0 amide bonds. The Hall–Kier alpha value is -0.780. The minimum Gasteiger partial charge on any atom is -0.330 e. The summed E-state index contributed by atoms with van der Waals surface area (Å²) in [4.78, 5) is 10.6. The van der Waals surface area contributed by atoms with Gasteiger partial charge < -0.3 is 5.73 Å².